The first kappa shape index (κ1) is 14.0. The number of hydrogen-bond acceptors (Lipinski definition) is 4. The lowest BCUT2D eigenvalue weighted by Crippen LogP contribution is -2.04. The number of carbonyl (C=O) groups is 1. The summed E-state index contributed by atoms with van der Waals surface area (Å²) in [5.41, 5.74) is 1.12. The molecule has 0 saturated heterocycles. The number of nitrogens with zero attached hydrogens (tertiary/aromatic N) is 1. The molecule has 19 heavy (non-hydrogen) atoms. The van der Waals surface area contributed by atoms with Crippen molar-refractivity contribution in [2.24, 2.45) is 0 Å². The van der Waals surface area contributed by atoms with E-state index < -0.39 is 5.97 Å². The minimum atomic E-state index is -1.01. The number of thiazole rings is 1. The van der Waals surface area contributed by atoms with Crippen LogP contribution in [0.25, 0.3) is 0 Å². The number of hydrogen-bond donors (Lipinski definition) is 1. The monoisotopic (exact) mass is 341 g/mol. The fourth-order valence-electron chi connectivity index (χ4n) is 1.56. The quantitative estimate of drug-likeness (QED) is 0.918. The van der Waals surface area contributed by atoms with Crippen molar-refractivity contribution < 1.29 is 14.6 Å². The van der Waals surface area contributed by atoms with E-state index in [1.54, 1.807) is 23.5 Å². The van der Waals surface area contributed by atoms with Crippen LogP contribution in [0, 0.1) is 13.8 Å². The molecule has 0 fully saturated rings. The molecule has 0 aliphatic carbocycles. The van der Waals surface area contributed by atoms with Crippen molar-refractivity contribution in [3.63, 3.8) is 0 Å². The molecule has 1 aromatic heterocycles. The van der Waals surface area contributed by atoms with Gasteiger partial charge in [0, 0.05) is 4.88 Å². The summed E-state index contributed by atoms with van der Waals surface area (Å²) in [7, 11) is 0. The third-order valence-electron chi connectivity index (χ3n) is 2.61. The number of para-hydroxylation sites is 1. The molecule has 1 aromatic carbocycles. The number of rotatable bonds is 4. The minimum Gasteiger partial charge on any atom is -0.484 e. The molecule has 0 amide bonds. The molecule has 2 rings (SSSR count). The second-order valence-corrected chi connectivity index (χ2v) is 6.10. The maximum Gasteiger partial charge on any atom is 0.339 e. The second kappa shape index (κ2) is 5.71. The van der Waals surface area contributed by atoms with E-state index in [9.17, 15) is 4.79 Å². The third-order valence-corrected chi connectivity index (χ3v) is 4.28. The normalized spacial score (nSPS) is 10.5. The van der Waals surface area contributed by atoms with E-state index in [4.69, 9.17) is 9.84 Å². The van der Waals surface area contributed by atoms with Gasteiger partial charge in [-0.15, -0.1) is 11.3 Å². The first-order valence-electron chi connectivity index (χ1n) is 5.56. The highest BCUT2D eigenvalue weighted by atomic mass is 79.9. The zero-order valence-corrected chi connectivity index (χ0v) is 12.8. The van der Waals surface area contributed by atoms with Crippen molar-refractivity contribution in [3.05, 3.63) is 43.8 Å². The molecule has 0 spiro atoms. The van der Waals surface area contributed by atoms with Crippen LogP contribution in [0.3, 0.4) is 0 Å². The van der Waals surface area contributed by atoms with Gasteiger partial charge in [-0.25, -0.2) is 9.78 Å². The summed E-state index contributed by atoms with van der Waals surface area (Å²) >= 11 is 4.86. The van der Waals surface area contributed by atoms with E-state index in [2.05, 4.69) is 20.9 Å². The van der Waals surface area contributed by atoms with Gasteiger partial charge in [0.15, 0.2) is 0 Å². The summed E-state index contributed by atoms with van der Waals surface area (Å²) in [6.45, 7) is 4.20. The first-order chi connectivity index (χ1) is 8.99. The molecule has 0 radical (unpaired) electrons. The molecule has 6 heteroatoms. The highest BCUT2D eigenvalue weighted by Crippen LogP contribution is 2.30. The molecule has 1 heterocycles. The summed E-state index contributed by atoms with van der Waals surface area (Å²) in [6, 6.07) is 4.93. The maximum atomic E-state index is 11.1. The van der Waals surface area contributed by atoms with E-state index in [0.717, 1.165) is 15.6 Å². The van der Waals surface area contributed by atoms with Crippen LogP contribution in [0.2, 0.25) is 0 Å². The minimum absolute atomic E-state index is 0.138. The van der Waals surface area contributed by atoms with E-state index in [0.29, 0.717) is 10.2 Å². The Balaban J connectivity index is 2.21. The molecule has 1 N–H and O–H groups in total. The number of aromatic carboxylic acids is 1. The van der Waals surface area contributed by atoms with Crippen LogP contribution >= 0.6 is 27.3 Å². The SMILES string of the molecule is Cc1nc(COc2c(Br)cccc2C(=O)O)sc1C. The highest BCUT2D eigenvalue weighted by Gasteiger charge is 2.15. The van der Waals surface area contributed by atoms with E-state index >= 15 is 0 Å². The van der Waals surface area contributed by atoms with Crippen molar-refractivity contribution in [2.75, 3.05) is 0 Å². The van der Waals surface area contributed by atoms with Gasteiger partial charge in [0.2, 0.25) is 0 Å². The van der Waals surface area contributed by atoms with Crippen LogP contribution in [0.4, 0.5) is 0 Å². The van der Waals surface area contributed by atoms with Crippen LogP contribution in [0.1, 0.15) is 25.9 Å². The Morgan fingerprint density at radius 2 is 2.21 bits per heavy atom. The van der Waals surface area contributed by atoms with Crippen LogP contribution in [0.15, 0.2) is 22.7 Å². The lowest BCUT2D eigenvalue weighted by atomic mass is 10.2. The average molecular weight is 342 g/mol. The van der Waals surface area contributed by atoms with Gasteiger partial charge in [0.05, 0.1) is 10.2 Å². The van der Waals surface area contributed by atoms with Gasteiger partial charge in [-0.05, 0) is 41.9 Å². The maximum absolute atomic E-state index is 11.1. The van der Waals surface area contributed by atoms with E-state index in [1.165, 1.54) is 6.07 Å². The molecule has 0 bridgehead atoms. The van der Waals surface area contributed by atoms with E-state index in [-0.39, 0.29) is 12.2 Å². The van der Waals surface area contributed by atoms with Gasteiger partial charge in [-0.2, -0.15) is 0 Å². The number of carboxylic acids is 1. The average Bonchev–Trinajstić information content (AvgIpc) is 2.67. The second-order valence-electron chi connectivity index (χ2n) is 3.96. The van der Waals surface area contributed by atoms with Gasteiger partial charge < -0.3 is 9.84 Å². The summed E-state index contributed by atoms with van der Waals surface area (Å²) < 4.78 is 6.23. The van der Waals surface area contributed by atoms with Crippen LogP contribution in [-0.4, -0.2) is 16.1 Å². The van der Waals surface area contributed by atoms with Gasteiger partial charge in [0.25, 0.3) is 0 Å². The van der Waals surface area contributed by atoms with Crippen molar-refractivity contribution in [3.8, 4) is 5.75 Å². The third kappa shape index (κ3) is 3.13. The molecular weight excluding hydrogens is 330 g/mol. The Labute approximate surface area is 123 Å². The Morgan fingerprint density at radius 1 is 1.47 bits per heavy atom. The van der Waals surface area contributed by atoms with Crippen molar-refractivity contribution in [1.82, 2.24) is 4.98 Å². The Morgan fingerprint density at radius 3 is 2.79 bits per heavy atom. The molecule has 0 aliphatic heterocycles. The smallest absolute Gasteiger partial charge is 0.339 e. The zero-order chi connectivity index (χ0) is 14.0. The molecule has 100 valence electrons. The predicted molar refractivity (Wildman–Crippen MR) is 77.0 cm³/mol. The number of aromatic nitrogens is 1. The molecule has 4 nitrogen and oxygen atoms in total. The molecule has 0 aliphatic rings. The number of ether oxygens (including phenoxy) is 1. The van der Waals surface area contributed by atoms with Crippen LogP contribution in [-0.2, 0) is 6.61 Å². The molecule has 2 aromatic rings. The fourth-order valence-corrected chi connectivity index (χ4v) is 2.89. The molecule has 0 saturated carbocycles. The summed E-state index contributed by atoms with van der Waals surface area (Å²) in [4.78, 5) is 16.6. The summed E-state index contributed by atoms with van der Waals surface area (Å²) in [5, 5.41) is 9.96. The van der Waals surface area contributed by atoms with Gasteiger partial charge >= 0.3 is 5.97 Å². The van der Waals surface area contributed by atoms with Crippen molar-refractivity contribution in [1.29, 1.82) is 0 Å². The number of halogens is 1. The first-order valence-corrected chi connectivity index (χ1v) is 7.17. The van der Waals surface area contributed by atoms with Gasteiger partial charge in [-0.1, -0.05) is 6.07 Å². The number of aryl methyl sites for hydroxylation is 2. The zero-order valence-electron chi connectivity index (χ0n) is 10.4. The number of benzene rings is 1. The lowest BCUT2D eigenvalue weighted by molar-refractivity contribution is 0.0691. The summed E-state index contributed by atoms with van der Waals surface area (Å²) in [6.07, 6.45) is 0. The van der Waals surface area contributed by atoms with Crippen LogP contribution < -0.4 is 4.74 Å². The van der Waals surface area contributed by atoms with Crippen molar-refractivity contribution >= 4 is 33.2 Å². The predicted octanol–water partition coefficient (Wildman–Crippen LogP) is 3.80. The van der Waals surface area contributed by atoms with Gasteiger partial charge in [-0.3, -0.25) is 0 Å². The lowest BCUT2D eigenvalue weighted by Gasteiger charge is -2.09. The molecular formula is C13H12BrNO3S. The molecule has 0 atom stereocenters. The number of carboxylic acid groups (broad SMARTS) is 1. The Bertz CT molecular complexity index is 605. The fraction of sp³-hybridized carbons (Fsp3) is 0.231. The Hall–Kier alpha value is -1.40. The summed E-state index contributed by atoms with van der Waals surface area (Å²) in [5.74, 6) is -0.677. The Kier molecular flexibility index (Phi) is 4.21. The standard InChI is InChI=1S/C13H12BrNO3S/c1-7-8(2)19-11(15-7)6-18-12-9(13(16)17)4-3-5-10(12)14/h3-5H,6H2,1-2H3,(H,16,17). The molecule has 0 unspecified atom stereocenters. The highest BCUT2D eigenvalue weighted by molar-refractivity contribution is 9.10. The van der Waals surface area contributed by atoms with E-state index in [1.807, 2.05) is 13.8 Å². The topological polar surface area (TPSA) is 59.4 Å². The van der Waals surface area contributed by atoms with Crippen LogP contribution in [0.5, 0.6) is 5.75 Å². The largest absolute Gasteiger partial charge is 0.484 e. The van der Waals surface area contributed by atoms with Crippen molar-refractivity contribution in [2.45, 2.75) is 20.5 Å². The van der Waals surface area contributed by atoms with Gasteiger partial charge in [0.1, 0.15) is 22.9 Å².